The van der Waals surface area contributed by atoms with Gasteiger partial charge in [0.25, 0.3) is 0 Å². The van der Waals surface area contributed by atoms with Crippen molar-refractivity contribution in [3.8, 4) is 0 Å². The summed E-state index contributed by atoms with van der Waals surface area (Å²) in [6, 6.07) is 0. The molecule has 0 saturated heterocycles. The van der Waals surface area contributed by atoms with E-state index in [1.807, 2.05) is 6.08 Å². The van der Waals surface area contributed by atoms with Gasteiger partial charge in [0.05, 0.1) is 0 Å². The number of rotatable bonds is 4. The molecule has 0 saturated carbocycles. The molecular weight excluding hydrogens is 187 g/mol. The first-order valence-electron chi connectivity index (χ1n) is 5.32. The zero-order chi connectivity index (χ0) is 11.6. The quantitative estimate of drug-likeness (QED) is 0.485. The van der Waals surface area contributed by atoms with Gasteiger partial charge in [-0.05, 0) is 0 Å². The molecule has 0 aromatic rings. The average Bonchev–Trinajstić information content (AvgIpc) is 1.95. The van der Waals surface area contributed by atoms with Crippen LogP contribution in [0.1, 0.15) is 20.8 Å². The molecule has 0 heterocycles. The Balaban J connectivity index is 5.33. The molecule has 0 N–H and O–H groups in total. The second-order valence-electron chi connectivity index (χ2n) is 6.55. The Labute approximate surface area is 90.4 Å². The molecular formula is C13H27P. The molecule has 0 aliphatic heterocycles. The van der Waals surface area contributed by atoms with Crippen molar-refractivity contribution in [2.75, 3.05) is 26.7 Å². The predicted octanol–water partition coefficient (Wildman–Crippen LogP) is 4.22. The van der Waals surface area contributed by atoms with Gasteiger partial charge in [0.2, 0.25) is 0 Å². The van der Waals surface area contributed by atoms with Crippen LogP contribution in [0.25, 0.3) is 0 Å². The summed E-state index contributed by atoms with van der Waals surface area (Å²) in [5.41, 5.74) is 0. The van der Waals surface area contributed by atoms with E-state index < -0.39 is 6.60 Å². The first kappa shape index (κ1) is 13.9. The molecule has 0 aliphatic rings. The minimum atomic E-state index is -1.61. The van der Waals surface area contributed by atoms with Crippen LogP contribution >= 0.6 is 6.60 Å². The zero-order valence-electron chi connectivity index (χ0n) is 11.0. The van der Waals surface area contributed by atoms with Crippen LogP contribution in [0.15, 0.2) is 24.8 Å². The Hall–Kier alpha value is -0.0900. The fourth-order valence-electron chi connectivity index (χ4n) is 1.79. The molecule has 0 aromatic carbocycles. The van der Waals surface area contributed by atoms with E-state index in [4.69, 9.17) is 0 Å². The van der Waals surface area contributed by atoms with Gasteiger partial charge < -0.3 is 0 Å². The van der Waals surface area contributed by atoms with Crippen molar-refractivity contribution in [2.24, 2.45) is 5.92 Å². The van der Waals surface area contributed by atoms with E-state index in [1.165, 1.54) is 0 Å². The fraction of sp³-hybridized carbons (Fsp3) is 0.692. The van der Waals surface area contributed by atoms with Crippen LogP contribution in [0, 0.1) is 5.92 Å². The molecule has 0 rings (SSSR count). The van der Waals surface area contributed by atoms with Crippen LogP contribution in [0.3, 0.4) is 0 Å². The van der Waals surface area contributed by atoms with Crippen molar-refractivity contribution in [3.05, 3.63) is 24.8 Å². The second-order valence-corrected chi connectivity index (χ2v) is 14.7. The Bertz CT molecular complexity index is 230. The molecule has 1 heteroatoms. The summed E-state index contributed by atoms with van der Waals surface area (Å²) in [6.45, 7) is 18.9. The van der Waals surface area contributed by atoms with Gasteiger partial charge in [-0.3, -0.25) is 0 Å². The predicted molar refractivity (Wildman–Crippen MR) is 73.2 cm³/mol. The van der Waals surface area contributed by atoms with Crippen LogP contribution in [0.2, 0.25) is 0 Å². The number of allylic oxidation sites excluding steroid dienone is 3. The second kappa shape index (κ2) is 3.81. The van der Waals surface area contributed by atoms with Crippen molar-refractivity contribution in [3.63, 3.8) is 0 Å². The molecule has 14 heavy (non-hydrogen) atoms. The molecule has 0 bridgehead atoms. The van der Waals surface area contributed by atoms with Crippen LogP contribution in [-0.4, -0.2) is 31.8 Å². The van der Waals surface area contributed by atoms with Crippen LogP contribution < -0.4 is 0 Å². The van der Waals surface area contributed by atoms with Gasteiger partial charge in [-0.25, -0.2) is 0 Å². The summed E-state index contributed by atoms with van der Waals surface area (Å²) in [5.74, 6) is 0.668. The third kappa shape index (κ3) is 2.70. The number of hydrogen-bond donors (Lipinski definition) is 0. The average molecular weight is 214 g/mol. The van der Waals surface area contributed by atoms with Crippen molar-refractivity contribution in [1.82, 2.24) is 0 Å². The maximum atomic E-state index is 3.76. The van der Waals surface area contributed by atoms with Crippen molar-refractivity contribution >= 4 is 6.60 Å². The van der Waals surface area contributed by atoms with Gasteiger partial charge in [-0.1, -0.05) is 0 Å². The Kier molecular flexibility index (Phi) is 3.79. The summed E-state index contributed by atoms with van der Waals surface area (Å²) in [7, 11) is 0. The van der Waals surface area contributed by atoms with E-state index in [2.05, 4.69) is 66.2 Å². The minimum absolute atomic E-state index is 0.305. The third-order valence-electron chi connectivity index (χ3n) is 3.67. The SMILES string of the molecule is C=C/C=C\C(C)(C(C)C)P(C)(C)(C)C. The standard InChI is InChI=1S/C13H27P/c1-9-10-11-13(4,12(2)3)14(5,6,7)8/h9-12H,1H2,2-8H3/b11-10-. The van der Waals surface area contributed by atoms with Crippen molar-refractivity contribution in [2.45, 2.75) is 25.9 Å². The zero-order valence-corrected chi connectivity index (χ0v) is 11.9. The third-order valence-corrected chi connectivity index (χ3v) is 8.19. The van der Waals surface area contributed by atoms with Crippen LogP contribution in [-0.2, 0) is 0 Å². The van der Waals surface area contributed by atoms with E-state index in [0.29, 0.717) is 11.1 Å². The Morgan fingerprint density at radius 1 is 1.14 bits per heavy atom. The fourth-order valence-corrected chi connectivity index (χ4v) is 4.53. The van der Waals surface area contributed by atoms with E-state index in [0.717, 1.165) is 0 Å². The van der Waals surface area contributed by atoms with Crippen molar-refractivity contribution in [1.29, 1.82) is 0 Å². The summed E-state index contributed by atoms with van der Waals surface area (Å²) < 4.78 is 0. The monoisotopic (exact) mass is 214 g/mol. The summed E-state index contributed by atoms with van der Waals surface area (Å²) in [6.07, 6.45) is 6.33. The Morgan fingerprint density at radius 3 is 1.79 bits per heavy atom. The summed E-state index contributed by atoms with van der Waals surface area (Å²) in [5, 5.41) is 0.305. The van der Waals surface area contributed by atoms with Gasteiger partial charge >= 0.3 is 89.9 Å². The van der Waals surface area contributed by atoms with E-state index >= 15 is 0 Å². The van der Waals surface area contributed by atoms with Gasteiger partial charge in [-0.15, -0.1) is 0 Å². The van der Waals surface area contributed by atoms with Gasteiger partial charge in [0.15, 0.2) is 0 Å². The molecule has 1 atom stereocenters. The summed E-state index contributed by atoms with van der Waals surface area (Å²) in [4.78, 5) is 0. The molecule has 84 valence electrons. The molecule has 1 unspecified atom stereocenters. The molecule has 0 radical (unpaired) electrons. The van der Waals surface area contributed by atoms with Crippen molar-refractivity contribution < 1.29 is 0 Å². The molecule has 0 fully saturated rings. The van der Waals surface area contributed by atoms with Crippen LogP contribution in [0.5, 0.6) is 0 Å². The maximum absolute atomic E-state index is 3.76. The normalized spacial score (nSPS) is 20.4. The molecule has 0 amide bonds. The molecule has 0 aliphatic carbocycles. The molecule has 0 spiro atoms. The molecule has 0 nitrogen and oxygen atoms in total. The first-order valence-corrected chi connectivity index (χ1v) is 9.34. The molecule has 0 aromatic heterocycles. The van der Waals surface area contributed by atoms with Gasteiger partial charge in [0, 0.05) is 0 Å². The van der Waals surface area contributed by atoms with E-state index in [1.54, 1.807) is 0 Å². The first-order chi connectivity index (χ1) is 6.02. The topological polar surface area (TPSA) is 0 Å². The Morgan fingerprint density at radius 2 is 1.57 bits per heavy atom. The van der Waals surface area contributed by atoms with E-state index in [-0.39, 0.29) is 0 Å². The van der Waals surface area contributed by atoms with Crippen LogP contribution in [0.4, 0.5) is 0 Å². The van der Waals surface area contributed by atoms with Gasteiger partial charge in [-0.2, -0.15) is 0 Å². The van der Waals surface area contributed by atoms with E-state index in [9.17, 15) is 0 Å². The number of hydrogen-bond acceptors (Lipinski definition) is 0. The van der Waals surface area contributed by atoms with Gasteiger partial charge in [0.1, 0.15) is 0 Å². The summed E-state index contributed by atoms with van der Waals surface area (Å²) >= 11 is 0.